The molecule has 3 N–H and O–H groups in total. The zero-order valence-electron chi connectivity index (χ0n) is 13.3. The van der Waals surface area contributed by atoms with Crippen LogP contribution in [0.15, 0.2) is 54.6 Å². The number of likely N-dealkylation sites (N-methyl/N-ethyl adjacent to an activating group) is 1. The number of hydrogen-bond acceptors (Lipinski definition) is 4. The quantitative estimate of drug-likeness (QED) is 0.626. The second-order valence-electron chi connectivity index (χ2n) is 5.12. The van der Waals surface area contributed by atoms with E-state index in [9.17, 15) is 14.8 Å². The number of nitrogens with zero attached hydrogens (tertiary/aromatic N) is 2. The van der Waals surface area contributed by atoms with Crippen LogP contribution in [0.25, 0.3) is 0 Å². The normalized spacial score (nSPS) is 10.1. The molecular formula is C17H19N3O4. The van der Waals surface area contributed by atoms with Crippen molar-refractivity contribution in [1.29, 1.82) is 0 Å². The Bertz CT molecular complexity index is 706. The lowest BCUT2D eigenvalue weighted by Crippen LogP contribution is -2.42. The molecule has 2 aromatic rings. The maximum atomic E-state index is 12.0. The minimum absolute atomic E-state index is 0.161. The Morgan fingerprint density at radius 2 is 1.83 bits per heavy atom. The zero-order valence-corrected chi connectivity index (χ0v) is 13.3. The van der Waals surface area contributed by atoms with Gasteiger partial charge < -0.3 is 15.4 Å². The Kier molecular flexibility index (Phi) is 5.75. The highest BCUT2D eigenvalue weighted by Crippen LogP contribution is 2.21. The lowest BCUT2D eigenvalue weighted by molar-refractivity contribution is -0.126. The molecule has 0 fully saturated rings. The van der Waals surface area contributed by atoms with Crippen LogP contribution in [-0.2, 0) is 11.4 Å². The maximum absolute atomic E-state index is 12.0. The van der Waals surface area contributed by atoms with Crippen molar-refractivity contribution < 1.29 is 19.5 Å². The third-order valence-corrected chi connectivity index (χ3v) is 3.37. The Hall–Kier alpha value is -3.06. The van der Waals surface area contributed by atoms with E-state index in [0.29, 0.717) is 18.0 Å². The molecule has 0 bridgehead atoms. The smallest absolute Gasteiger partial charge is 0.339 e. The molecule has 0 radical (unpaired) electrons. The summed E-state index contributed by atoms with van der Waals surface area (Å²) in [6.07, 6.45) is 0. The molecule has 0 heterocycles. The van der Waals surface area contributed by atoms with Gasteiger partial charge in [0.25, 0.3) is 0 Å². The monoisotopic (exact) mass is 329 g/mol. The molecule has 126 valence electrons. The molecule has 0 aliphatic rings. The first kappa shape index (κ1) is 17.3. The minimum atomic E-state index is -1.09. The highest BCUT2D eigenvalue weighted by atomic mass is 16.5. The van der Waals surface area contributed by atoms with Crippen molar-refractivity contribution >= 4 is 17.6 Å². The summed E-state index contributed by atoms with van der Waals surface area (Å²) in [6, 6.07) is 15.6. The van der Waals surface area contributed by atoms with Crippen LogP contribution in [0, 0.1) is 0 Å². The highest BCUT2D eigenvalue weighted by Gasteiger charge is 2.17. The van der Waals surface area contributed by atoms with Crippen molar-refractivity contribution in [2.45, 2.75) is 6.61 Å². The van der Waals surface area contributed by atoms with Gasteiger partial charge in [0.2, 0.25) is 5.91 Å². The number of primary amides is 1. The van der Waals surface area contributed by atoms with Gasteiger partial charge >= 0.3 is 6.03 Å². The molecule has 24 heavy (non-hydrogen) atoms. The Morgan fingerprint density at radius 3 is 2.50 bits per heavy atom. The molecule has 2 aromatic carbocycles. The van der Waals surface area contributed by atoms with Crippen LogP contribution in [0.5, 0.6) is 5.75 Å². The number of anilines is 1. The fourth-order valence-corrected chi connectivity index (χ4v) is 1.98. The van der Waals surface area contributed by atoms with Crippen molar-refractivity contribution in [2.24, 2.45) is 5.73 Å². The molecule has 3 amide bonds. The van der Waals surface area contributed by atoms with Gasteiger partial charge in [0.1, 0.15) is 18.9 Å². The second kappa shape index (κ2) is 7.98. The van der Waals surface area contributed by atoms with E-state index in [1.54, 1.807) is 24.3 Å². The van der Waals surface area contributed by atoms with Gasteiger partial charge in [-0.15, -0.1) is 0 Å². The number of urea groups is 1. The van der Waals surface area contributed by atoms with Gasteiger partial charge in [-0.05, 0) is 17.7 Å². The van der Waals surface area contributed by atoms with Gasteiger partial charge in [-0.1, -0.05) is 36.4 Å². The number of carbonyl (C=O) groups is 2. The molecule has 0 unspecified atom stereocenters. The SMILES string of the molecule is CN(C(=O)CN(O)C(N)=O)c1cccc(OCc2ccccc2)c1. The van der Waals surface area contributed by atoms with Crippen LogP contribution in [0.1, 0.15) is 5.56 Å². The van der Waals surface area contributed by atoms with Crippen LogP contribution in [0.3, 0.4) is 0 Å². The molecule has 0 atom stereocenters. The summed E-state index contributed by atoms with van der Waals surface area (Å²) in [7, 11) is 1.54. The van der Waals surface area contributed by atoms with E-state index in [0.717, 1.165) is 5.56 Å². The summed E-state index contributed by atoms with van der Waals surface area (Å²) in [5.41, 5.74) is 6.49. The van der Waals surface area contributed by atoms with Gasteiger partial charge in [0.15, 0.2) is 0 Å². The van der Waals surface area contributed by atoms with Crippen LogP contribution >= 0.6 is 0 Å². The fourth-order valence-electron chi connectivity index (χ4n) is 1.98. The van der Waals surface area contributed by atoms with E-state index < -0.39 is 18.5 Å². The zero-order chi connectivity index (χ0) is 17.5. The fraction of sp³-hybridized carbons (Fsp3) is 0.176. The highest BCUT2D eigenvalue weighted by molar-refractivity contribution is 5.95. The number of rotatable bonds is 6. The molecule has 0 aliphatic carbocycles. The minimum Gasteiger partial charge on any atom is -0.489 e. The van der Waals surface area contributed by atoms with E-state index in [1.807, 2.05) is 30.3 Å². The van der Waals surface area contributed by atoms with Crippen molar-refractivity contribution in [2.75, 3.05) is 18.5 Å². The van der Waals surface area contributed by atoms with Crippen molar-refractivity contribution in [3.05, 3.63) is 60.2 Å². The van der Waals surface area contributed by atoms with Gasteiger partial charge in [-0.2, -0.15) is 5.06 Å². The van der Waals surface area contributed by atoms with Gasteiger partial charge in [-0.25, -0.2) is 4.79 Å². The number of benzene rings is 2. The number of hydroxylamine groups is 2. The maximum Gasteiger partial charge on any atom is 0.339 e. The van der Waals surface area contributed by atoms with E-state index in [1.165, 1.54) is 11.9 Å². The number of ether oxygens (including phenoxy) is 1. The lowest BCUT2D eigenvalue weighted by Gasteiger charge is -2.20. The summed E-state index contributed by atoms with van der Waals surface area (Å²) in [5, 5.41) is 9.41. The topological polar surface area (TPSA) is 96.1 Å². The van der Waals surface area contributed by atoms with E-state index in [-0.39, 0.29) is 5.06 Å². The number of hydrogen-bond donors (Lipinski definition) is 2. The number of amides is 3. The van der Waals surface area contributed by atoms with Crippen LogP contribution < -0.4 is 15.4 Å². The predicted molar refractivity (Wildman–Crippen MR) is 88.7 cm³/mol. The number of nitrogens with two attached hydrogens (primary N) is 1. The summed E-state index contributed by atoms with van der Waals surface area (Å²) < 4.78 is 5.71. The first-order chi connectivity index (χ1) is 11.5. The van der Waals surface area contributed by atoms with Gasteiger partial charge in [0, 0.05) is 18.8 Å². The molecule has 0 aromatic heterocycles. The largest absolute Gasteiger partial charge is 0.489 e. The third-order valence-electron chi connectivity index (χ3n) is 3.37. The standard InChI is InChI=1S/C17H19N3O4/c1-19(16(21)11-20(23)17(18)22)14-8-5-9-15(10-14)24-12-13-6-3-2-4-7-13/h2-10,23H,11-12H2,1H3,(H2,18,22). The Balaban J connectivity index is 2.01. The Morgan fingerprint density at radius 1 is 1.12 bits per heavy atom. The summed E-state index contributed by atoms with van der Waals surface area (Å²) in [5.74, 6) is 0.114. The second-order valence-corrected chi connectivity index (χ2v) is 5.12. The predicted octanol–water partition coefficient (Wildman–Crippen LogP) is 2.00. The lowest BCUT2D eigenvalue weighted by atomic mass is 10.2. The molecule has 0 spiro atoms. The van der Waals surface area contributed by atoms with E-state index in [4.69, 9.17) is 10.5 Å². The van der Waals surface area contributed by atoms with E-state index >= 15 is 0 Å². The molecule has 0 aliphatic heterocycles. The summed E-state index contributed by atoms with van der Waals surface area (Å²) >= 11 is 0. The molecule has 2 rings (SSSR count). The molecule has 0 saturated carbocycles. The third kappa shape index (κ3) is 4.72. The van der Waals surface area contributed by atoms with Crippen LogP contribution in [0.2, 0.25) is 0 Å². The van der Waals surface area contributed by atoms with E-state index in [2.05, 4.69) is 0 Å². The molecular weight excluding hydrogens is 310 g/mol. The summed E-state index contributed by atoms with van der Waals surface area (Å²) in [6.45, 7) is -0.116. The average Bonchev–Trinajstić information content (AvgIpc) is 2.60. The molecule has 0 saturated heterocycles. The first-order valence-electron chi connectivity index (χ1n) is 7.26. The van der Waals surface area contributed by atoms with Crippen LogP contribution in [-0.4, -0.2) is 35.8 Å². The van der Waals surface area contributed by atoms with Crippen molar-refractivity contribution in [3.63, 3.8) is 0 Å². The van der Waals surface area contributed by atoms with Crippen LogP contribution in [0.4, 0.5) is 10.5 Å². The molecule has 7 heteroatoms. The average molecular weight is 329 g/mol. The van der Waals surface area contributed by atoms with Gasteiger partial charge in [-0.3, -0.25) is 10.0 Å². The molecule has 7 nitrogen and oxygen atoms in total. The number of carbonyl (C=O) groups excluding carboxylic acids is 2. The first-order valence-corrected chi connectivity index (χ1v) is 7.26. The van der Waals surface area contributed by atoms with Crippen molar-refractivity contribution in [1.82, 2.24) is 5.06 Å². The summed E-state index contributed by atoms with van der Waals surface area (Å²) in [4.78, 5) is 24.1. The Labute approximate surface area is 139 Å². The van der Waals surface area contributed by atoms with Crippen molar-refractivity contribution in [3.8, 4) is 5.75 Å². The van der Waals surface area contributed by atoms with Gasteiger partial charge in [0.05, 0.1) is 0 Å².